The summed E-state index contributed by atoms with van der Waals surface area (Å²) in [5.41, 5.74) is 2.40. The molecule has 2 aliphatic rings. The third-order valence-electron chi connectivity index (χ3n) is 4.45. The van der Waals surface area contributed by atoms with E-state index in [-0.39, 0.29) is 6.04 Å². The SMILES string of the molecule is CC1CCC(NS(=O)(=O)N2CCc3ccccc3C2)C1. The molecule has 1 aliphatic heterocycles. The van der Waals surface area contributed by atoms with E-state index in [1.165, 1.54) is 5.56 Å². The molecule has 2 atom stereocenters. The van der Waals surface area contributed by atoms with Gasteiger partial charge < -0.3 is 0 Å². The van der Waals surface area contributed by atoms with Crippen molar-refractivity contribution < 1.29 is 8.42 Å². The van der Waals surface area contributed by atoms with Gasteiger partial charge in [0.05, 0.1) is 0 Å². The smallest absolute Gasteiger partial charge is 0.199 e. The molecular formula is C15H22N2O2S. The fraction of sp³-hybridized carbons (Fsp3) is 0.600. The van der Waals surface area contributed by atoms with Gasteiger partial charge in [0.25, 0.3) is 10.2 Å². The van der Waals surface area contributed by atoms with Crippen LogP contribution in [-0.4, -0.2) is 25.3 Å². The van der Waals surface area contributed by atoms with E-state index in [2.05, 4.69) is 17.7 Å². The Hall–Kier alpha value is -0.910. The number of hydrogen-bond acceptors (Lipinski definition) is 2. The molecule has 0 bridgehead atoms. The van der Waals surface area contributed by atoms with Crippen LogP contribution in [0.15, 0.2) is 24.3 Å². The topological polar surface area (TPSA) is 49.4 Å². The van der Waals surface area contributed by atoms with Crippen molar-refractivity contribution in [1.82, 2.24) is 9.03 Å². The predicted octanol–water partition coefficient (Wildman–Crippen LogP) is 2.07. The highest BCUT2D eigenvalue weighted by atomic mass is 32.2. The summed E-state index contributed by atoms with van der Waals surface area (Å²) in [6.07, 6.45) is 3.85. The molecule has 0 radical (unpaired) electrons. The highest BCUT2D eigenvalue weighted by Crippen LogP contribution is 2.26. The number of rotatable bonds is 3. The fourth-order valence-electron chi connectivity index (χ4n) is 3.27. The molecule has 1 heterocycles. The van der Waals surface area contributed by atoms with Crippen LogP contribution < -0.4 is 4.72 Å². The number of nitrogens with one attached hydrogen (secondary N) is 1. The van der Waals surface area contributed by atoms with Crippen LogP contribution in [0.3, 0.4) is 0 Å². The van der Waals surface area contributed by atoms with E-state index in [1.54, 1.807) is 4.31 Å². The van der Waals surface area contributed by atoms with Gasteiger partial charge in [0.1, 0.15) is 0 Å². The van der Waals surface area contributed by atoms with Crippen LogP contribution >= 0.6 is 0 Å². The molecule has 0 aromatic heterocycles. The Morgan fingerprint density at radius 1 is 1.20 bits per heavy atom. The summed E-state index contributed by atoms with van der Waals surface area (Å²) in [5, 5.41) is 0. The lowest BCUT2D eigenvalue weighted by Crippen LogP contribution is -2.46. The first kappa shape index (κ1) is 14.0. The standard InChI is InChI=1S/C15H22N2O2S/c1-12-6-7-15(10-12)16-20(18,19)17-9-8-13-4-2-3-5-14(13)11-17/h2-5,12,15-16H,6-11H2,1H3. The summed E-state index contributed by atoms with van der Waals surface area (Å²) < 4.78 is 29.4. The average Bonchev–Trinajstić information content (AvgIpc) is 2.83. The zero-order valence-corrected chi connectivity index (χ0v) is 12.7. The van der Waals surface area contributed by atoms with Crippen molar-refractivity contribution in [2.45, 2.75) is 45.2 Å². The molecule has 1 saturated carbocycles. The second kappa shape index (κ2) is 5.47. The van der Waals surface area contributed by atoms with Gasteiger partial charge in [0.15, 0.2) is 0 Å². The third-order valence-corrected chi connectivity index (χ3v) is 6.07. The van der Waals surface area contributed by atoms with Gasteiger partial charge in [-0.25, -0.2) is 0 Å². The molecule has 0 spiro atoms. The van der Waals surface area contributed by atoms with Gasteiger partial charge in [-0.1, -0.05) is 31.2 Å². The number of fused-ring (bicyclic) bond motifs is 1. The molecule has 0 saturated heterocycles. The van der Waals surface area contributed by atoms with E-state index in [4.69, 9.17) is 0 Å². The average molecular weight is 294 g/mol. The highest BCUT2D eigenvalue weighted by molar-refractivity contribution is 7.87. The molecule has 4 nitrogen and oxygen atoms in total. The van der Waals surface area contributed by atoms with E-state index >= 15 is 0 Å². The maximum absolute atomic E-state index is 12.5. The van der Waals surface area contributed by atoms with Gasteiger partial charge in [-0.2, -0.15) is 17.4 Å². The third kappa shape index (κ3) is 2.90. The normalized spacial score (nSPS) is 27.4. The molecule has 5 heteroatoms. The summed E-state index contributed by atoms with van der Waals surface area (Å²) in [6.45, 7) is 3.26. The van der Waals surface area contributed by atoms with Crippen LogP contribution in [0.1, 0.15) is 37.3 Å². The van der Waals surface area contributed by atoms with Crippen LogP contribution in [0.5, 0.6) is 0 Å². The fourth-order valence-corrected chi connectivity index (χ4v) is 4.70. The lowest BCUT2D eigenvalue weighted by molar-refractivity contribution is 0.377. The molecule has 1 aromatic carbocycles. The first-order valence-corrected chi connectivity index (χ1v) is 8.83. The van der Waals surface area contributed by atoms with Gasteiger partial charge in [-0.05, 0) is 42.7 Å². The Morgan fingerprint density at radius 3 is 2.65 bits per heavy atom. The number of benzene rings is 1. The monoisotopic (exact) mass is 294 g/mol. The molecule has 1 aliphatic carbocycles. The largest absolute Gasteiger partial charge is 0.280 e. The molecule has 3 rings (SSSR count). The zero-order valence-electron chi connectivity index (χ0n) is 11.9. The summed E-state index contributed by atoms with van der Waals surface area (Å²) in [6, 6.07) is 8.22. The van der Waals surface area contributed by atoms with E-state index in [0.717, 1.165) is 31.2 Å². The van der Waals surface area contributed by atoms with Gasteiger partial charge in [-0.3, -0.25) is 0 Å². The van der Waals surface area contributed by atoms with E-state index in [1.807, 2.05) is 18.2 Å². The summed E-state index contributed by atoms with van der Waals surface area (Å²) in [4.78, 5) is 0. The lowest BCUT2D eigenvalue weighted by atomic mass is 10.0. The van der Waals surface area contributed by atoms with Crippen molar-refractivity contribution in [3.63, 3.8) is 0 Å². The summed E-state index contributed by atoms with van der Waals surface area (Å²) in [7, 11) is -3.35. The van der Waals surface area contributed by atoms with Crippen molar-refractivity contribution in [3.05, 3.63) is 35.4 Å². The van der Waals surface area contributed by atoms with Gasteiger partial charge in [0.2, 0.25) is 0 Å². The first-order valence-electron chi connectivity index (χ1n) is 7.39. The quantitative estimate of drug-likeness (QED) is 0.928. The molecule has 20 heavy (non-hydrogen) atoms. The Balaban J connectivity index is 1.70. The van der Waals surface area contributed by atoms with Gasteiger partial charge in [0, 0.05) is 19.1 Å². The van der Waals surface area contributed by atoms with Crippen molar-refractivity contribution in [2.75, 3.05) is 6.54 Å². The minimum atomic E-state index is -3.35. The lowest BCUT2D eigenvalue weighted by Gasteiger charge is -2.29. The molecule has 2 unspecified atom stereocenters. The van der Waals surface area contributed by atoms with Crippen LogP contribution in [0.25, 0.3) is 0 Å². The second-order valence-electron chi connectivity index (χ2n) is 6.09. The summed E-state index contributed by atoms with van der Waals surface area (Å²) in [5.74, 6) is 0.629. The first-order chi connectivity index (χ1) is 9.54. The van der Waals surface area contributed by atoms with E-state index in [9.17, 15) is 8.42 Å². The number of nitrogens with zero attached hydrogens (tertiary/aromatic N) is 1. The predicted molar refractivity (Wildman–Crippen MR) is 79.4 cm³/mol. The Labute approximate surface area is 121 Å². The maximum Gasteiger partial charge on any atom is 0.280 e. The maximum atomic E-state index is 12.5. The van der Waals surface area contributed by atoms with Gasteiger partial charge in [-0.15, -0.1) is 0 Å². The van der Waals surface area contributed by atoms with Crippen LogP contribution in [0.2, 0.25) is 0 Å². The minimum absolute atomic E-state index is 0.118. The van der Waals surface area contributed by atoms with Crippen molar-refractivity contribution >= 4 is 10.2 Å². The Kier molecular flexibility index (Phi) is 3.84. The van der Waals surface area contributed by atoms with Crippen molar-refractivity contribution in [1.29, 1.82) is 0 Å². The Morgan fingerprint density at radius 2 is 1.95 bits per heavy atom. The Bertz CT molecular complexity index is 585. The molecule has 1 N–H and O–H groups in total. The summed E-state index contributed by atoms with van der Waals surface area (Å²) >= 11 is 0. The molecule has 110 valence electrons. The van der Waals surface area contributed by atoms with Crippen LogP contribution in [-0.2, 0) is 23.2 Å². The van der Waals surface area contributed by atoms with Crippen LogP contribution in [0, 0.1) is 5.92 Å². The van der Waals surface area contributed by atoms with Gasteiger partial charge >= 0.3 is 0 Å². The van der Waals surface area contributed by atoms with Crippen molar-refractivity contribution in [3.8, 4) is 0 Å². The zero-order chi connectivity index (χ0) is 14.2. The minimum Gasteiger partial charge on any atom is -0.199 e. The number of hydrogen-bond donors (Lipinski definition) is 1. The van der Waals surface area contributed by atoms with E-state index in [0.29, 0.717) is 19.0 Å². The van der Waals surface area contributed by atoms with Crippen molar-refractivity contribution in [2.24, 2.45) is 5.92 Å². The molecule has 0 amide bonds. The highest BCUT2D eigenvalue weighted by Gasteiger charge is 2.31. The van der Waals surface area contributed by atoms with Crippen LogP contribution in [0.4, 0.5) is 0 Å². The second-order valence-corrected chi connectivity index (χ2v) is 7.79. The molecule has 1 aromatic rings. The van der Waals surface area contributed by atoms with E-state index < -0.39 is 10.2 Å². The molecular weight excluding hydrogens is 272 g/mol. The molecule has 1 fully saturated rings.